The van der Waals surface area contributed by atoms with Crippen molar-refractivity contribution in [2.24, 2.45) is 0 Å². The minimum atomic E-state index is -2.99. The van der Waals surface area contributed by atoms with Crippen molar-refractivity contribution >= 4 is 0 Å². The van der Waals surface area contributed by atoms with Crippen LogP contribution in [0.2, 0.25) is 0 Å². The van der Waals surface area contributed by atoms with Gasteiger partial charge in [0.25, 0.3) is 5.92 Å². The van der Waals surface area contributed by atoms with E-state index >= 15 is 0 Å². The van der Waals surface area contributed by atoms with E-state index in [1.165, 1.54) is 0 Å². The molecule has 60 valence electrons. The van der Waals surface area contributed by atoms with E-state index in [1.54, 1.807) is 0 Å². The molecule has 0 amide bonds. The summed E-state index contributed by atoms with van der Waals surface area (Å²) in [5.41, 5.74) is -0.418. The molecular formula is C7H6F3N. The Kier molecular flexibility index (Phi) is 1.85. The van der Waals surface area contributed by atoms with Gasteiger partial charge in [-0.2, -0.15) is 8.78 Å². The molecule has 0 N–H and O–H groups in total. The van der Waals surface area contributed by atoms with E-state index in [9.17, 15) is 13.2 Å². The molecule has 0 spiro atoms. The van der Waals surface area contributed by atoms with Crippen LogP contribution in [0.15, 0.2) is 18.3 Å². The number of pyridine rings is 1. The Morgan fingerprint density at radius 1 is 1.36 bits per heavy atom. The van der Waals surface area contributed by atoms with Crippen LogP contribution in [0.25, 0.3) is 0 Å². The molecule has 1 nitrogen and oxygen atoms in total. The van der Waals surface area contributed by atoms with E-state index in [1.807, 2.05) is 0 Å². The summed E-state index contributed by atoms with van der Waals surface area (Å²) in [5.74, 6) is -3.61. The summed E-state index contributed by atoms with van der Waals surface area (Å²) in [6.07, 6.45) is 0.771. The van der Waals surface area contributed by atoms with E-state index in [0.717, 1.165) is 18.3 Å². The van der Waals surface area contributed by atoms with Crippen molar-refractivity contribution in [2.45, 2.75) is 12.8 Å². The first-order valence-electron chi connectivity index (χ1n) is 3.00. The topological polar surface area (TPSA) is 12.9 Å². The number of hydrogen-bond acceptors (Lipinski definition) is 1. The molecule has 0 unspecified atom stereocenters. The van der Waals surface area contributed by atoms with Crippen LogP contribution in [0.4, 0.5) is 13.2 Å². The van der Waals surface area contributed by atoms with Gasteiger partial charge in [0.2, 0.25) is 0 Å². The number of nitrogens with zero attached hydrogens (tertiary/aromatic N) is 1. The Morgan fingerprint density at radius 2 is 2.00 bits per heavy atom. The largest absolute Gasteiger partial charge is 0.286 e. The van der Waals surface area contributed by atoms with E-state index in [-0.39, 0.29) is 0 Å². The maximum Gasteiger partial charge on any atom is 0.286 e. The first-order valence-corrected chi connectivity index (χ1v) is 3.00. The zero-order valence-corrected chi connectivity index (χ0v) is 5.81. The molecule has 1 heterocycles. The summed E-state index contributed by atoms with van der Waals surface area (Å²) in [4.78, 5) is 3.22. The van der Waals surface area contributed by atoms with Crippen LogP contribution in [0.1, 0.15) is 12.6 Å². The van der Waals surface area contributed by atoms with Crippen molar-refractivity contribution in [1.29, 1.82) is 0 Å². The SMILES string of the molecule is CC(F)(F)c1ccc(F)cn1. The summed E-state index contributed by atoms with van der Waals surface area (Å²) < 4.78 is 37.0. The van der Waals surface area contributed by atoms with Crippen LogP contribution in [-0.4, -0.2) is 4.98 Å². The van der Waals surface area contributed by atoms with Crippen molar-refractivity contribution in [3.05, 3.63) is 29.8 Å². The van der Waals surface area contributed by atoms with Gasteiger partial charge in [-0.3, -0.25) is 4.98 Å². The summed E-state index contributed by atoms with van der Waals surface area (Å²) in [6, 6.07) is 1.93. The van der Waals surface area contributed by atoms with E-state index in [4.69, 9.17) is 0 Å². The molecule has 0 aromatic carbocycles. The van der Waals surface area contributed by atoms with Gasteiger partial charge in [-0.1, -0.05) is 0 Å². The molecule has 1 aromatic rings. The Balaban J connectivity index is 2.99. The average molecular weight is 161 g/mol. The first-order chi connectivity index (χ1) is 5.00. The van der Waals surface area contributed by atoms with Crippen LogP contribution >= 0.6 is 0 Å². The van der Waals surface area contributed by atoms with Gasteiger partial charge in [0.1, 0.15) is 11.5 Å². The first kappa shape index (κ1) is 8.04. The van der Waals surface area contributed by atoms with Crippen molar-refractivity contribution in [3.63, 3.8) is 0 Å². The maximum absolute atomic E-state index is 12.4. The van der Waals surface area contributed by atoms with Gasteiger partial charge in [-0.15, -0.1) is 0 Å². The Morgan fingerprint density at radius 3 is 2.36 bits per heavy atom. The van der Waals surface area contributed by atoms with E-state index in [2.05, 4.69) is 4.98 Å². The number of hydrogen-bond donors (Lipinski definition) is 0. The van der Waals surface area contributed by atoms with Crippen molar-refractivity contribution < 1.29 is 13.2 Å². The van der Waals surface area contributed by atoms with E-state index < -0.39 is 17.4 Å². The zero-order chi connectivity index (χ0) is 8.48. The quantitative estimate of drug-likeness (QED) is 0.616. The molecule has 11 heavy (non-hydrogen) atoms. The minimum Gasteiger partial charge on any atom is -0.252 e. The molecule has 0 fully saturated rings. The van der Waals surface area contributed by atoms with Gasteiger partial charge < -0.3 is 0 Å². The number of aromatic nitrogens is 1. The third-order valence-corrected chi connectivity index (χ3v) is 1.18. The molecule has 0 saturated heterocycles. The van der Waals surface area contributed by atoms with Gasteiger partial charge in [-0.25, -0.2) is 4.39 Å². The number of alkyl halides is 2. The minimum absolute atomic E-state index is 0.418. The van der Waals surface area contributed by atoms with Crippen LogP contribution in [0.5, 0.6) is 0 Å². The smallest absolute Gasteiger partial charge is 0.252 e. The molecule has 0 radical (unpaired) electrons. The van der Waals surface area contributed by atoms with Crippen LogP contribution in [-0.2, 0) is 5.92 Å². The van der Waals surface area contributed by atoms with Crippen LogP contribution < -0.4 is 0 Å². The molecule has 1 aromatic heterocycles. The highest BCUT2D eigenvalue weighted by atomic mass is 19.3. The van der Waals surface area contributed by atoms with Crippen molar-refractivity contribution in [2.75, 3.05) is 0 Å². The number of rotatable bonds is 1. The second-order valence-corrected chi connectivity index (χ2v) is 2.25. The van der Waals surface area contributed by atoms with Gasteiger partial charge in [0, 0.05) is 6.92 Å². The summed E-state index contributed by atoms with van der Waals surface area (Å²) in [7, 11) is 0. The lowest BCUT2D eigenvalue weighted by Gasteiger charge is -2.07. The Bertz CT molecular complexity index is 237. The highest BCUT2D eigenvalue weighted by Gasteiger charge is 2.25. The van der Waals surface area contributed by atoms with E-state index in [0.29, 0.717) is 6.92 Å². The highest BCUT2D eigenvalue weighted by molar-refractivity contribution is 5.09. The fourth-order valence-electron chi connectivity index (χ4n) is 0.635. The fraction of sp³-hybridized carbons (Fsp3) is 0.286. The molecule has 0 aliphatic carbocycles. The third kappa shape index (κ3) is 1.93. The van der Waals surface area contributed by atoms with Crippen LogP contribution in [0, 0.1) is 5.82 Å². The third-order valence-electron chi connectivity index (χ3n) is 1.18. The van der Waals surface area contributed by atoms with Gasteiger partial charge in [0.15, 0.2) is 0 Å². The van der Waals surface area contributed by atoms with Crippen molar-refractivity contribution in [1.82, 2.24) is 4.98 Å². The average Bonchev–Trinajstić information content (AvgIpc) is 1.86. The monoisotopic (exact) mass is 161 g/mol. The molecule has 0 saturated carbocycles. The molecular weight excluding hydrogens is 155 g/mol. The summed E-state index contributed by atoms with van der Waals surface area (Å²) in [5, 5.41) is 0. The normalized spacial score (nSPS) is 11.6. The molecule has 0 bridgehead atoms. The number of halogens is 3. The van der Waals surface area contributed by atoms with Gasteiger partial charge in [0.05, 0.1) is 6.20 Å². The molecule has 0 aliphatic heterocycles. The summed E-state index contributed by atoms with van der Waals surface area (Å²) in [6.45, 7) is 0.716. The molecule has 0 atom stereocenters. The Hall–Kier alpha value is -1.06. The predicted octanol–water partition coefficient (Wildman–Crippen LogP) is 2.33. The van der Waals surface area contributed by atoms with Crippen LogP contribution in [0.3, 0.4) is 0 Å². The Labute approximate surface area is 61.9 Å². The lowest BCUT2D eigenvalue weighted by molar-refractivity contribution is 0.0126. The lowest BCUT2D eigenvalue weighted by Crippen LogP contribution is -2.09. The standard InChI is InChI=1S/C7H6F3N/c1-7(9,10)6-3-2-5(8)4-11-6/h2-4H,1H3. The second-order valence-electron chi connectivity index (χ2n) is 2.25. The zero-order valence-electron chi connectivity index (χ0n) is 5.81. The van der Waals surface area contributed by atoms with Crippen molar-refractivity contribution in [3.8, 4) is 0 Å². The lowest BCUT2D eigenvalue weighted by atomic mass is 10.2. The highest BCUT2D eigenvalue weighted by Crippen LogP contribution is 2.24. The maximum atomic E-state index is 12.4. The summed E-state index contributed by atoms with van der Waals surface area (Å²) >= 11 is 0. The molecule has 1 rings (SSSR count). The van der Waals surface area contributed by atoms with Gasteiger partial charge >= 0.3 is 0 Å². The fourth-order valence-corrected chi connectivity index (χ4v) is 0.635. The van der Waals surface area contributed by atoms with Gasteiger partial charge in [-0.05, 0) is 12.1 Å². The predicted molar refractivity (Wildman–Crippen MR) is 33.8 cm³/mol. The molecule has 0 aliphatic rings. The molecule has 4 heteroatoms. The second kappa shape index (κ2) is 2.53.